The van der Waals surface area contributed by atoms with Crippen LogP contribution in [0.4, 0.5) is 0 Å². The first-order valence-electron chi connectivity index (χ1n) is 8.05. The third-order valence-electron chi connectivity index (χ3n) is 4.22. The lowest BCUT2D eigenvalue weighted by atomic mass is 9.93. The lowest BCUT2D eigenvalue weighted by molar-refractivity contribution is 0.0707. The molecule has 0 atom stereocenters. The van der Waals surface area contributed by atoms with Crippen LogP contribution in [0.15, 0.2) is 30.6 Å². The van der Waals surface area contributed by atoms with Gasteiger partial charge in [-0.2, -0.15) is 5.10 Å². The van der Waals surface area contributed by atoms with Crippen molar-refractivity contribution in [3.8, 4) is 5.88 Å². The molecule has 2 aromatic heterocycles. The van der Waals surface area contributed by atoms with Gasteiger partial charge < -0.3 is 9.64 Å². The normalized spacial score (nSPS) is 15.7. The molecule has 1 saturated heterocycles. The molecule has 0 spiro atoms. The summed E-state index contributed by atoms with van der Waals surface area (Å²) >= 11 is 0. The van der Waals surface area contributed by atoms with E-state index < -0.39 is 0 Å². The van der Waals surface area contributed by atoms with Crippen LogP contribution in [0.1, 0.15) is 41.7 Å². The summed E-state index contributed by atoms with van der Waals surface area (Å²) in [6.07, 6.45) is 5.49. The molecule has 0 aromatic carbocycles. The highest BCUT2D eigenvalue weighted by molar-refractivity contribution is 5.96. The van der Waals surface area contributed by atoms with Crippen LogP contribution >= 0.6 is 0 Å². The highest BCUT2D eigenvalue weighted by Crippen LogP contribution is 2.28. The van der Waals surface area contributed by atoms with E-state index in [1.165, 1.54) is 0 Å². The zero-order valence-corrected chi connectivity index (χ0v) is 13.6. The van der Waals surface area contributed by atoms with Gasteiger partial charge in [0.2, 0.25) is 5.88 Å². The van der Waals surface area contributed by atoms with Crippen molar-refractivity contribution < 1.29 is 9.53 Å². The van der Waals surface area contributed by atoms with Crippen molar-refractivity contribution in [2.24, 2.45) is 7.05 Å². The van der Waals surface area contributed by atoms with Crippen molar-refractivity contribution >= 4 is 5.91 Å². The number of pyridine rings is 1. The zero-order valence-electron chi connectivity index (χ0n) is 13.6. The molecular weight excluding hydrogens is 292 g/mol. The molecule has 0 unspecified atom stereocenters. The number of ether oxygens (including phenoxy) is 1. The number of likely N-dealkylation sites (tertiary alicyclic amines) is 1. The molecule has 6 heteroatoms. The van der Waals surface area contributed by atoms with Crippen molar-refractivity contribution in [2.75, 3.05) is 19.7 Å². The highest BCUT2D eigenvalue weighted by Gasteiger charge is 2.27. The van der Waals surface area contributed by atoms with Gasteiger partial charge >= 0.3 is 0 Å². The van der Waals surface area contributed by atoms with Crippen molar-refractivity contribution in [1.29, 1.82) is 0 Å². The van der Waals surface area contributed by atoms with Gasteiger partial charge in [-0.15, -0.1) is 0 Å². The molecule has 6 nitrogen and oxygen atoms in total. The van der Waals surface area contributed by atoms with Crippen molar-refractivity contribution in [3.05, 3.63) is 41.9 Å². The number of carbonyl (C=O) groups is 1. The van der Waals surface area contributed by atoms with Crippen molar-refractivity contribution in [1.82, 2.24) is 19.7 Å². The Morgan fingerprint density at radius 2 is 2.13 bits per heavy atom. The minimum Gasteiger partial charge on any atom is -0.477 e. The number of hydrogen-bond acceptors (Lipinski definition) is 4. The summed E-state index contributed by atoms with van der Waals surface area (Å²) in [7, 11) is 1.93. The number of aromatic nitrogens is 3. The summed E-state index contributed by atoms with van der Waals surface area (Å²) in [4.78, 5) is 18.8. The Morgan fingerprint density at radius 1 is 1.35 bits per heavy atom. The summed E-state index contributed by atoms with van der Waals surface area (Å²) in [6, 6.07) is 5.62. The Hall–Kier alpha value is -2.37. The predicted octanol–water partition coefficient (Wildman–Crippen LogP) is 2.23. The second kappa shape index (κ2) is 6.81. The summed E-state index contributed by atoms with van der Waals surface area (Å²) in [6.45, 7) is 3.86. The second-order valence-corrected chi connectivity index (χ2v) is 5.77. The number of aryl methyl sites for hydroxylation is 1. The first-order chi connectivity index (χ1) is 11.2. The van der Waals surface area contributed by atoms with E-state index in [1.54, 1.807) is 18.3 Å². The van der Waals surface area contributed by atoms with E-state index in [9.17, 15) is 4.79 Å². The van der Waals surface area contributed by atoms with Crippen molar-refractivity contribution in [3.63, 3.8) is 0 Å². The molecule has 0 aliphatic carbocycles. The van der Waals surface area contributed by atoms with Crippen LogP contribution in [0.3, 0.4) is 0 Å². The van der Waals surface area contributed by atoms with Gasteiger partial charge in [-0.1, -0.05) is 0 Å². The van der Waals surface area contributed by atoms with E-state index in [0.29, 0.717) is 24.0 Å². The number of hydrogen-bond donors (Lipinski definition) is 0. The van der Waals surface area contributed by atoms with Gasteiger partial charge in [-0.3, -0.25) is 9.48 Å². The van der Waals surface area contributed by atoms with Crippen LogP contribution in [0.25, 0.3) is 0 Å². The minimum atomic E-state index is 0.000945. The molecule has 1 aliphatic heterocycles. The number of rotatable bonds is 4. The van der Waals surface area contributed by atoms with Gasteiger partial charge in [-0.25, -0.2) is 4.98 Å². The maximum atomic E-state index is 12.7. The number of amides is 1. The molecule has 2 aromatic rings. The fourth-order valence-electron chi connectivity index (χ4n) is 3.00. The Morgan fingerprint density at radius 3 is 2.78 bits per heavy atom. The Balaban J connectivity index is 1.66. The summed E-state index contributed by atoms with van der Waals surface area (Å²) in [5.74, 6) is 0.855. The van der Waals surface area contributed by atoms with E-state index in [0.717, 1.165) is 31.6 Å². The Labute approximate surface area is 136 Å². The van der Waals surface area contributed by atoms with Crippen LogP contribution in [0.2, 0.25) is 0 Å². The molecular formula is C17H22N4O2. The summed E-state index contributed by atoms with van der Waals surface area (Å²) in [5, 5.41) is 4.48. The molecule has 23 heavy (non-hydrogen) atoms. The molecule has 1 aliphatic rings. The summed E-state index contributed by atoms with van der Waals surface area (Å²) < 4.78 is 7.30. The van der Waals surface area contributed by atoms with E-state index in [4.69, 9.17) is 4.74 Å². The average Bonchev–Trinajstić information content (AvgIpc) is 3.02. The van der Waals surface area contributed by atoms with E-state index >= 15 is 0 Å². The number of nitrogens with zero attached hydrogens (tertiary/aromatic N) is 4. The van der Waals surface area contributed by atoms with E-state index in [-0.39, 0.29) is 5.91 Å². The number of carbonyl (C=O) groups excluding carboxylic acids is 1. The van der Waals surface area contributed by atoms with E-state index in [1.807, 2.05) is 29.7 Å². The van der Waals surface area contributed by atoms with Crippen LogP contribution in [-0.4, -0.2) is 45.3 Å². The van der Waals surface area contributed by atoms with Crippen LogP contribution in [-0.2, 0) is 7.05 Å². The Kier molecular flexibility index (Phi) is 4.60. The molecule has 122 valence electrons. The molecule has 0 bridgehead atoms. The van der Waals surface area contributed by atoms with Gasteiger partial charge in [0.05, 0.1) is 12.3 Å². The van der Waals surface area contributed by atoms with Gasteiger partial charge in [0.15, 0.2) is 0 Å². The molecule has 3 heterocycles. The smallest absolute Gasteiger partial charge is 0.259 e. The van der Waals surface area contributed by atoms with Crippen molar-refractivity contribution in [2.45, 2.75) is 25.7 Å². The SMILES string of the molecule is CCOc1ncccc1C(=O)N1CCC(c2ccn(C)n2)CC1. The van der Waals surface area contributed by atoms with Crippen LogP contribution < -0.4 is 4.74 Å². The monoisotopic (exact) mass is 314 g/mol. The maximum Gasteiger partial charge on any atom is 0.259 e. The third kappa shape index (κ3) is 3.36. The van der Waals surface area contributed by atoms with E-state index in [2.05, 4.69) is 16.1 Å². The summed E-state index contributed by atoms with van der Waals surface area (Å²) in [5.41, 5.74) is 1.67. The Bertz CT molecular complexity index is 675. The first-order valence-corrected chi connectivity index (χ1v) is 8.05. The first kappa shape index (κ1) is 15.5. The molecule has 0 N–H and O–H groups in total. The topological polar surface area (TPSA) is 60.2 Å². The standard InChI is InChI=1S/C17H22N4O2/c1-3-23-16-14(5-4-9-18-16)17(22)21-11-6-13(7-12-21)15-8-10-20(2)19-15/h4-5,8-10,13H,3,6-7,11-12H2,1-2H3. The molecule has 3 rings (SSSR count). The van der Waals surface area contributed by atoms with Crippen LogP contribution in [0, 0.1) is 0 Å². The zero-order chi connectivity index (χ0) is 16.2. The lowest BCUT2D eigenvalue weighted by Crippen LogP contribution is -2.38. The van der Waals surface area contributed by atoms with Gasteiger partial charge in [0.1, 0.15) is 5.56 Å². The fraction of sp³-hybridized carbons (Fsp3) is 0.471. The quantitative estimate of drug-likeness (QED) is 0.868. The fourth-order valence-corrected chi connectivity index (χ4v) is 3.00. The molecule has 0 saturated carbocycles. The lowest BCUT2D eigenvalue weighted by Gasteiger charge is -2.31. The van der Waals surface area contributed by atoms with Gasteiger partial charge in [0, 0.05) is 38.4 Å². The van der Waals surface area contributed by atoms with Crippen LogP contribution in [0.5, 0.6) is 5.88 Å². The third-order valence-corrected chi connectivity index (χ3v) is 4.22. The maximum absolute atomic E-state index is 12.7. The second-order valence-electron chi connectivity index (χ2n) is 5.77. The van der Waals surface area contributed by atoms with Gasteiger partial charge in [-0.05, 0) is 38.0 Å². The highest BCUT2D eigenvalue weighted by atomic mass is 16.5. The largest absolute Gasteiger partial charge is 0.477 e. The average molecular weight is 314 g/mol. The molecule has 0 radical (unpaired) electrons. The number of piperidine rings is 1. The predicted molar refractivity (Wildman–Crippen MR) is 86.5 cm³/mol. The molecule has 1 amide bonds. The van der Waals surface area contributed by atoms with Gasteiger partial charge in [0.25, 0.3) is 5.91 Å². The molecule has 1 fully saturated rings. The minimum absolute atomic E-state index is 0.000945.